The molecule has 0 radical (unpaired) electrons. The molecule has 1 saturated heterocycles. The first-order chi connectivity index (χ1) is 22.2. The summed E-state index contributed by atoms with van der Waals surface area (Å²) in [7, 11) is 1.41. The van der Waals surface area contributed by atoms with Crippen LogP contribution in [0.1, 0.15) is 48.7 Å². The fraction of sp³-hybridized carbons (Fsp3) is 0.394. The number of aromatic nitrogens is 2. The Morgan fingerprint density at radius 3 is 2.66 bits per heavy atom. The number of carbonyl (C=O) groups is 2. The molecule has 10 nitrogen and oxygen atoms in total. The average molecular weight is 668 g/mol. The lowest BCUT2D eigenvalue weighted by Crippen LogP contribution is -2.57. The maximum atomic E-state index is 15.0. The molecule has 2 aliphatic heterocycles. The summed E-state index contributed by atoms with van der Waals surface area (Å²) in [6.45, 7) is 1.75. The Morgan fingerprint density at radius 1 is 1.23 bits per heavy atom. The van der Waals surface area contributed by atoms with Gasteiger partial charge >= 0.3 is 6.18 Å². The average Bonchev–Trinajstić information content (AvgIpc) is 3.55. The van der Waals surface area contributed by atoms with Gasteiger partial charge in [-0.05, 0) is 44.9 Å². The molecule has 14 heteroatoms. The van der Waals surface area contributed by atoms with Crippen LogP contribution in [0, 0.1) is 11.3 Å². The maximum Gasteiger partial charge on any atom is 0.424 e. The molecule has 246 valence electrons. The van der Waals surface area contributed by atoms with Gasteiger partial charge < -0.3 is 25.6 Å². The van der Waals surface area contributed by atoms with E-state index in [0.717, 1.165) is 29.0 Å². The first-order valence-electron chi connectivity index (χ1n) is 15.1. The SMILES string of the molecule is COc1cc(C(=O)NC[C@](O)(C2=CC3C(C)(OC[C@]3(C)C(N)=O)C(c3csc4ccccc34)=N2)C(F)(F)F)cc2cn(C3CC3)nc12. The fourth-order valence-corrected chi connectivity index (χ4v) is 7.54. The van der Waals surface area contributed by atoms with Gasteiger partial charge in [-0.1, -0.05) is 24.3 Å². The Kier molecular flexibility index (Phi) is 7.08. The zero-order valence-corrected chi connectivity index (χ0v) is 26.5. The van der Waals surface area contributed by atoms with Gasteiger partial charge in [0.2, 0.25) is 11.5 Å². The first-order valence-corrected chi connectivity index (χ1v) is 15.9. The topological polar surface area (TPSA) is 141 Å². The van der Waals surface area contributed by atoms with Gasteiger partial charge in [0.05, 0.1) is 43.1 Å². The fourth-order valence-electron chi connectivity index (χ4n) is 6.60. The van der Waals surface area contributed by atoms with Crippen molar-refractivity contribution in [2.75, 3.05) is 20.3 Å². The van der Waals surface area contributed by atoms with Crippen LogP contribution in [-0.2, 0) is 9.53 Å². The molecule has 47 heavy (non-hydrogen) atoms. The number of carbonyl (C=O) groups excluding carboxylic acids is 2. The number of hydrogen-bond donors (Lipinski definition) is 3. The van der Waals surface area contributed by atoms with Crippen molar-refractivity contribution in [1.29, 1.82) is 0 Å². The zero-order chi connectivity index (χ0) is 33.5. The second-order valence-corrected chi connectivity index (χ2v) is 13.7. The molecular weight excluding hydrogens is 635 g/mol. The number of hydrogen-bond acceptors (Lipinski definition) is 8. The third-order valence-corrected chi connectivity index (χ3v) is 10.6. The molecule has 2 amide bonds. The number of nitrogens with zero attached hydrogens (tertiary/aromatic N) is 3. The van der Waals surface area contributed by atoms with Crippen molar-refractivity contribution in [3.8, 4) is 5.75 Å². The van der Waals surface area contributed by atoms with Gasteiger partial charge in [0.1, 0.15) is 16.9 Å². The van der Waals surface area contributed by atoms with Crippen LogP contribution in [0.3, 0.4) is 0 Å². The molecule has 0 bridgehead atoms. The van der Waals surface area contributed by atoms with E-state index < -0.39 is 52.8 Å². The minimum atomic E-state index is -5.29. The smallest absolute Gasteiger partial charge is 0.424 e. The largest absolute Gasteiger partial charge is 0.494 e. The summed E-state index contributed by atoms with van der Waals surface area (Å²) in [5.74, 6) is -2.37. The number of fused-ring (bicyclic) bond motifs is 3. The van der Waals surface area contributed by atoms with Gasteiger partial charge in [0, 0.05) is 44.1 Å². The van der Waals surface area contributed by atoms with E-state index >= 15 is 13.2 Å². The highest BCUT2D eigenvalue weighted by molar-refractivity contribution is 7.17. The Hall–Kier alpha value is -4.27. The lowest BCUT2D eigenvalue weighted by molar-refractivity contribution is -0.241. The van der Waals surface area contributed by atoms with Gasteiger partial charge in [-0.25, -0.2) is 0 Å². The molecule has 4 aromatic rings. The minimum absolute atomic E-state index is 0.0267. The number of primary amides is 1. The number of amides is 2. The van der Waals surface area contributed by atoms with Crippen molar-refractivity contribution >= 4 is 49.9 Å². The predicted octanol–water partition coefficient (Wildman–Crippen LogP) is 4.90. The first kappa shape index (κ1) is 31.3. The molecule has 2 unspecified atom stereocenters. The number of halogens is 3. The van der Waals surface area contributed by atoms with Crippen LogP contribution in [0.25, 0.3) is 21.0 Å². The Morgan fingerprint density at radius 2 is 1.98 bits per heavy atom. The number of rotatable bonds is 8. The van der Waals surface area contributed by atoms with Crippen molar-refractivity contribution in [2.45, 2.75) is 50.1 Å². The second kappa shape index (κ2) is 10.6. The molecule has 4 atom stereocenters. The van der Waals surface area contributed by atoms with Crippen LogP contribution in [0.15, 0.2) is 64.7 Å². The number of alkyl halides is 3. The summed E-state index contributed by atoms with van der Waals surface area (Å²) in [6, 6.07) is 10.5. The van der Waals surface area contributed by atoms with E-state index in [0.29, 0.717) is 16.5 Å². The summed E-state index contributed by atoms with van der Waals surface area (Å²) in [6.07, 6.45) is -0.441. The zero-order valence-electron chi connectivity index (χ0n) is 25.7. The Balaban J connectivity index is 1.29. The maximum absolute atomic E-state index is 15.0. The molecular formula is C33H32F3N5O5S. The molecule has 1 saturated carbocycles. The van der Waals surface area contributed by atoms with Crippen molar-refractivity contribution < 1.29 is 37.3 Å². The number of methoxy groups -OCH3 is 1. The van der Waals surface area contributed by atoms with Crippen LogP contribution in [-0.4, -0.2) is 70.1 Å². The van der Waals surface area contributed by atoms with Crippen LogP contribution in [0.2, 0.25) is 0 Å². The standard InChI is InChI=1S/C33H32F3N5O5S/c1-30(29(37)43)16-46-31(2)24(30)12-25(39-27(31)21-14-47-23-7-5-4-6-20(21)23)32(44,33(34,35)36)15-38-28(42)17-10-18-13-41(19-8-9-19)40-26(18)22(11-17)45-3/h4-7,10-14,19,24,44H,8-9,15-16H2,1-3H3,(H2,37,43)(H,38,42)/t24?,30-,31?,32-/m0/s1. The summed E-state index contributed by atoms with van der Waals surface area (Å²) in [5.41, 5.74) is -0.190. The molecule has 0 spiro atoms. The number of aliphatic hydroxyl groups is 1. The molecule has 2 aromatic carbocycles. The number of nitrogens with one attached hydrogen (secondary N) is 1. The van der Waals surface area contributed by atoms with Crippen LogP contribution in [0.4, 0.5) is 13.2 Å². The van der Waals surface area contributed by atoms with E-state index in [-0.39, 0.29) is 29.7 Å². The quantitative estimate of drug-likeness (QED) is 0.244. The van der Waals surface area contributed by atoms with Crippen molar-refractivity contribution in [1.82, 2.24) is 15.1 Å². The molecule has 4 heterocycles. The number of thiophene rings is 1. The van der Waals surface area contributed by atoms with Gasteiger partial charge in [0.25, 0.3) is 5.91 Å². The van der Waals surface area contributed by atoms with Gasteiger partial charge in [-0.15, -0.1) is 11.3 Å². The van der Waals surface area contributed by atoms with Crippen LogP contribution < -0.4 is 15.8 Å². The van der Waals surface area contributed by atoms with Gasteiger partial charge in [-0.2, -0.15) is 18.3 Å². The summed E-state index contributed by atoms with van der Waals surface area (Å²) in [4.78, 5) is 30.6. The van der Waals surface area contributed by atoms with E-state index in [9.17, 15) is 14.7 Å². The number of nitrogens with two attached hydrogens (primary N) is 1. The highest BCUT2D eigenvalue weighted by atomic mass is 32.1. The summed E-state index contributed by atoms with van der Waals surface area (Å²) >= 11 is 1.38. The van der Waals surface area contributed by atoms with E-state index in [2.05, 4.69) is 15.4 Å². The van der Waals surface area contributed by atoms with Crippen LogP contribution >= 0.6 is 11.3 Å². The van der Waals surface area contributed by atoms with Crippen molar-refractivity contribution in [3.63, 3.8) is 0 Å². The lowest BCUT2D eigenvalue weighted by Gasteiger charge is -2.41. The number of benzene rings is 2. The summed E-state index contributed by atoms with van der Waals surface area (Å²) < 4.78 is 59.3. The summed E-state index contributed by atoms with van der Waals surface area (Å²) in [5, 5.41) is 21.4. The highest BCUT2D eigenvalue weighted by Gasteiger charge is 2.64. The Labute approximate surface area is 271 Å². The molecule has 1 aliphatic carbocycles. The molecule has 7 rings (SSSR count). The van der Waals surface area contributed by atoms with E-state index in [1.807, 2.05) is 18.2 Å². The third-order valence-electron chi connectivity index (χ3n) is 9.67. The third kappa shape index (κ3) is 4.83. The lowest BCUT2D eigenvalue weighted by atomic mass is 9.67. The van der Waals surface area contributed by atoms with E-state index in [1.54, 1.807) is 29.2 Å². The van der Waals surface area contributed by atoms with Gasteiger partial charge in [0.15, 0.2) is 0 Å². The van der Waals surface area contributed by atoms with Gasteiger partial charge in [-0.3, -0.25) is 19.3 Å². The normalized spacial score (nSPS) is 25.6. The molecule has 3 aliphatic rings. The number of ether oxygens (including phenoxy) is 2. The Bertz CT molecular complexity index is 2020. The molecule has 2 aromatic heterocycles. The predicted molar refractivity (Wildman–Crippen MR) is 169 cm³/mol. The van der Waals surface area contributed by atoms with Crippen molar-refractivity contribution in [2.24, 2.45) is 22.1 Å². The van der Waals surface area contributed by atoms with E-state index in [1.165, 1.54) is 37.5 Å². The second-order valence-electron chi connectivity index (χ2n) is 12.8. The monoisotopic (exact) mass is 667 g/mol. The highest BCUT2D eigenvalue weighted by Crippen LogP contribution is 2.53. The van der Waals surface area contributed by atoms with E-state index in [4.69, 9.17) is 15.2 Å². The minimum Gasteiger partial charge on any atom is -0.494 e. The van der Waals surface area contributed by atoms with Crippen LogP contribution in [0.5, 0.6) is 5.75 Å². The number of aliphatic imine (C=N–C) groups is 1. The molecule has 4 N–H and O–H groups in total. The molecule has 2 fully saturated rings. The van der Waals surface area contributed by atoms with Crippen molar-refractivity contribution in [3.05, 3.63) is 70.9 Å².